The normalized spacial score (nSPS) is 31.1. The first kappa shape index (κ1) is 14.2. The molecule has 2 amide bonds. The first-order chi connectivity index (χ1) is 10.6. The Morgan fingerprint density at radius 2 is 2.14 bits per heavy atom. The summed E-state index contributed by atoms with van der Waals surface area (Å²) in [7, 11) is 0. The van der Waals surface area contributed by atoms with Gasteiger partial charge in [0, 0.05) is 37.0 Å². The van der Waals surface area contributed by atoms with Crippen LogP contribution in [0, 0.1) is 18.8 Å². The van der Waals surface area contributed by atoms with Crippen molar-refractivity contribution in [2.24, 2.45) is 11.8 Å². The van der Waals surface area contributed by atoms with E-state index in [0.29, 0.717) is 30.2 Å². The van der Waals surface area contributed by atoms with E-state index in [1.807, 2.05) is 24.0 Å². The van der Waals surface area contributed by atoms with Crippen LogP contribution in [0.15, 0.2) is 12.1 Å². The van der Waals surface area contributed by atoms with Gasteiger partial charge < -0.3 is 9.80 Å². The Kier molecular flexibility index (Phi) is 3.48. The fourth-order valence-electron chi connectivity index (χ4n) is 4.48. The van der Waals surface area contributed by atoms with Crippen LogP contribution in [0.2, 0.25) is 0 Å². The van der Waals surface area contributed by atoms with Crippen molar-refractivity contribution in [1.82, 2.24) is 9.80 Å². The van der Waals surface area contributed by atoms with Crippen LogP contribution in [0.5, 0.6) is 0 Å². The Morgan fingerprint density at radius 3 is 2.91 bits per heavy atom. The van der Waals surface area contributed by atoms with Gasteiger partial charge in [-0.15, -0.1) is 11.3 Å². The SMILES string of the molecule is Cc1ccc(C(=O)N2CC3CC(C2)C2CCCC(=O)N2C3)s1. The number of carbonyl (C=O) groups excluding carboxylic acids is 2. The number of amides is 2. The molecule has 3 atom stereocenters. The summed E-state index contributed by atoms with van der Waals surface area (Å²) < 4.78 is 0. The van der Waals surface area contributed by atoms with Crippen molar-refractivity contribution in [1.29, 1.82) is 0 Å². The Labute approximate surface area is 135 Å². The number of carbonyl (C=O) groups is 2. The maximum Gasteiger partial charge on any atom is 0.263 e. The number of hydrogen-bond acceptors (Lipinski definition) is 3. The van der Waals surface area contributed by atoms with Crippen molar-refractivity contribution in [2.45, 2.75) is 38.6 Å². The van der Waals surface area contributed by atoms with E-state index in [1.54, 1.807) is 11.3 Å². The van der Waals surface area contributed by atoms with Gasteiger partial charge in [-0.25, -0.2) is 0 Å². The molecule has 3 aliphatic rings. The third-order valence-corrected chi connectivity index (χ3v) is 6.41. The van der Waals surface area contributed by atoms with E-state index in [9.17, 15) is 9.59 Å². The van der Waals surface area contributed by atoms with E-state index in [-0.39, 0.29) is 5.91 Å². The van der Waals surface area contributed by atoms with Crippen molar-refractivity contribution in [3.63, 3.8) is 0 Å². The summed E-state index contributed by atoms with van der Waals surface area (Å²) in [6, 6.07) is 4.34. The molecule has 22 heavy (non-hydrogen) atoms. The quantitative estimate of drug-likeness (QED) is 0.798. The minimum Gasteiger partial charge on any atom is -0.339 e. The number of rotatable bonds is 1. The van der Waals surface area contributed by atoms with Gasteiger partial charge in [0.2, 0.25) is 5.91 Å². The number of nitrogens with zero attached hydrogens (tertiary/aromatic N) is 2. The molecular formula is C17H22N2O2S. The lowest BCUT2D eigenvalue weighted by Crippen LogP contribution is -2.61. The predicted octanol–water partition coefficient (Wildman–Crippen LogP) is 2.53. The average Bonchev–Trinajstić information content (AvgIpc) is 2.94. The van der Waals surface area contributed by atoms with Crippen LogP contribution in [0.3, 0.4) is 0 Å². The molecule has 0 saturated carbocycles. The summed E-state index contributed by atoms with van der Waals surface area (Å²) >= 11 is 1.58. The first-order valence-corrected chi connectivity index (χ1v) is 9.08. The summed E-state index contributed by atoms with van der Waals surface area (Å²) in [5.74, 6) is 1.45. The van der Waals surface area contributed by atoms with Crippen molar-refractivity contribution in [2.75, 3.05) is 19.6 Å². The largest absolute Gasteiger partial charge is 0.339 e. The molecule has 3 unspecified atom stereocenters. The van der Waals surface area contributed by atoms with Gasteiger partial charge >= 0.3 is 0 Å². The van der Waals surface area contributed by atoms with Crippen LogP contribution in [0.4, 0.5) is 0 Å². The van der Waals surface area contributed by atoms with Crippen molar-refractivity contribution in [3.8, 4) is 0 Å². The predicted molar refractivity (Wildman–Crippen MR) is 85.9 cm³/mol. The molecule has 3 fully saturated rings. The van der Waals surface area contributed by atoms with Crippen LogP contribution < -0.4 is 0 Å². The van der Waals surface area contributed by atoms with E-state index in [2.05, 4.69) is 4.90 Å². The lowest BCUT2D eigenvalue weighted by Gasteiger charge is -2.52. The number of hydrogen-bond donors (Lipinski definition) is 0. The number of aryl methyl sites for hydroxylation is 1. The highest BCUT2D eigenvalue weighted by Crippen LogP contribution is 2.38. The van der Waals surface area contributed by atoms with Crippen LogP contribution in [0.25, 0.3) is 0 Å². The molecule has 0 spiro atoms. The van der Waals surface area contributed by atoms with Crippen LogP contribution >= 0.6 is 11.3 Å². The molecule has 4 nitrogen and oxygen atoms in total. The van der Waals surface area contributed by atoms with Gasteiger partial charge in [0.1, 0.15) is 0 Å². The molecule has 2 bridgehead atoms. The van der Waals surface area contributed by atoms with Crippen LogP contribution in [0.1, 0.15) is 40.2 Å². The molecule has 4 heterocycles. The van der Waals surface area contributed by atoms with Crippen molar-refractivity contribution < 1.29 is 9.59 Å². The fourth-order valence-corrected chi connectivity index (χ4v) is 5.32. The summed E-state index contributed by atoms with van der Waals surface area (Å²) in [6.07, 6.45) is 4.03. The zero-order valence-corrected chi connectivity index (χ0v) is 13.8. The zero-order chi connectivity index (χ0) is 15.3. The molecule has 3 aliphatic heterocycles. The standard InChI is InChI=1S/C17H22N2O2S/c1-11-5-6-15(22-11)17(21)18-8-12-7-13(10-18)14-3-2-4-16(20)19(14)9-12/h5-6,12-14H,2-4,7-10H2,1H3. The number of fused-ring (bicyclic) bond motifs is 4. The van der Waals surface area contributed by atoms with Gasteiger partial charge in [0.05, 0.1) is 4.88 Å². The van der Waals surface area contributed by atoms with Crippen LogP contribution in [-0.2, 0) is 4.79 Å². The Morgan fingerprint density at radius 1 is 1.27 bits per heavy atom. The highest BCUT2D eigenvalue weighted by atomic mass is 32.1. The average molecular weight is 318 g/mol. The minimum atomic E-state index is 0.184. The fraction of sp³-hybridized carbons (Fsp3) is 0.647. The second kappa shape index (κ2) is 5.37. The molecule has 5 heteroatoms. The highest BCUT2D eigenvalue weighted by molar-refractivity contribution is 7.13. The number of thiophene rings is 1. The van der Waals surface area contributed by atoms with Gasteiger partial charge in [0.25, 0.3) is 5.91 Å². The second-order valence-corrected chi connectivity index (χ2v) is 8.28. The summed E-state index contributed by atoms with van der Waals surface area (Å²) in [5, 5.41) is 0. The minimum absolute atomic E-state index is 0.184. The molecule has 1 aromatic heterocycles. The first-order valence-electron chi connectivity index (χ1n) is 8.27. The third kappa shape index (κ3) is 2.35. The van der Waals surface area contributed by atoms with Crippen LogP contribution in [-0.4, -0.2) is 47.3 Å². The summed E-state index contributed by atoms with van der Waals surface area (Å²) in [4.78, 5) is 31.1. The van der Waals surface area contributed by atoms with E-state index in [4.69, 9.17) is 0 Å². The van der Waals surface area contributed by atoms with E-state index in [0.717, 1.165) is 37.4 Å². The zero-order valence-electron chi connectivity index (χ0n) is 13.0. The third-order valence-electron chi connectivity index (χ3n) is 5.42. The van der Waals surface area contributed by atoms with Gasteiger partial charge in [-0.1, -0.05) is 0 Å². The highest BCUT2D eigenvalue weighted by Gasteiger charge is 2.44. The van der Waals surface area contributed by atoms with E-state index in [1.165, 1.54) is 11.3 Å². The molecule has 3 saturated heterocycles. The summed E-state index contributed by atoms with van der Waals surface area (Å²) in [5.41, 5.74) is 0. The maximum absolute atomic E-state index is 12.7. The summed E-state index contributed by atoms with van der Waals surface area (Å²) in [6.45, 7) is 4.52. The molecule has 4 rings (SSSR count). The van der Waals surface area contributed by atoms with Gasteiger partial charge in [-0.05, 0) is 50.2 Å². The number of likely N-dealkylation sites (tertiary alicyclic amines) is 1. The topological polar surface area (TPSA) is 40.6 Å². The molecule has 0 N–H and O–H groups in total. The molecular weight excluding hydrogens is 296 g/mol. The monoisotopic (exact) mass is 318 g/mol. The Bertz CT molecular complexity index is 612. The molecule has 0 radical (unpaired) electrons. The lowest BCUT2D eigenvalue weighted by molar-refractivity contribution is -0.144. The van der Waals surface area contributed by atoms with E-state index >= 15 is 0 Å². The van der Waals surface area contributed by atoms with E-state index < -0.39 is 0 Å². The lowest BCUT2D eigenvalue weighted by atomic mass is 9.76. The maximum atomic E-state index is 12.7. The molecule has 118 valence electrons. The molecule has 1 aromatic rings. The van der Waals surface area contributed by atoms with Gasteiger partial charge in [-0.3, -0.25) is 9.59 Å². The van der Waals surface area contributed by atoms with Gasteiger partial charge in [0.15, 0.2) is 0 Å². The van der Waals surface area contributed by atoms with Crippen molar-refractivity contribution >= 4 is 23.2 Å². The Balaban J connectivity index is 1.53. The smallest absolute Gasteiger partial charge is 0.263 e. The number of piperidine rings is 3. The molecule has 0 aromatic carbocycles. The Hall–Kier alpha value is -1.36. The van der Waals surface area contributed by atoms with Crippen molar-refractivity contribution in [3.05, 3.63) is 21.9 Å². The van der Waals surface area contributed by atoms with Gasteiger partial charge in [-0.2, -0.15) is 0 Å². The molecule has 0 aliphatic carbocycles. The second-order valence-electron chi connectivity index (χ2n) is 6.99.